The van der Waals surface area contributed by atoms with Crippen molar-refractivity contribution in [2.24, 2.45) is 0 Å². The number of amides is 2. The van der Waals surface area contributed by atoms with E-state index < -0.39 is 23.6 Å². The molecule has 2 amide bonds. The molecule has 0 radical (unpaired) electrons. The van der Waals surface area contributed by atoms with Crippen molar-refractivity contribution in [1.82, 2.24) is 9.80 Å². The molecule has 0 aliphatic carbocycles. The first-order chi connectivity index (χ1) is 15.6. The highest BCUT2D eigenvalue weighted by molar-refractivity contribution is 6.31. The zero-order chi connectivity index (χ0) is 24.6. The molecule has 0 N–H and O–H groups in total. The van der Waals surface area contributed by atoms with E-state index in [0.717, 1.165) is 0 Å². The normalized spacial score (nSPS) is 16.5. The summed E-state index contributed by atoms with van der Waals surface area (Å²) in [7, 11) is 1.59. The van der Waals surface area contributed by atoms with E-state index in [9.17, 15) is 14.0 Å². The van der Waals surface area contributed by atoms with Gasteiger partial charge in [0.25, 0.3) is 0 Å². The Kier molecular flexibility index (Phi) is 10.0. The maximum Gasteiger partial charge on any atom is 0.410 e. The molecule has 2 rings (SSSR count). The molecule has 33 heavy (non-hydrogen) atoms. The number of nitrogens with zero attached hydrogens (tertiary/aromatic N) is 2. The Bertz CT molecular complexity index is 794. The first-order valence-corrected chi connectivity index (χ1v) is 11.4. The van der Waals surface area contributed by atoms with Crippen LogP contribution in [0.4, 0.5) is 14.0 Å². The molecule has 1 aliphatic rings. The van der Waals surface area contributed by atoms with Gasteiger partial charge in [0.1, 0.15) is 23.8 Å². The summed E-state index contributed by atoms with van der Waals surface area (Å²) in [6.45, 7) is 8.89. The zero-order valence-electron chi connectivity index (χ0n) is 20.0. The van der Waals surface area contributed by atoms with Gasteiger partial charge in [-0.3, -0.25) is 0 Å². The zero-order valence-corrected chi connectivity index (χ0v) is 20.7. The van der Waals surface area contributed by atoms with E-state index in [-0.39, 0.29) is 23.2 Å². The molecular weight excluding hydrogens is 455 g/mol. The van der Waals surface area contributed by atoms with Crippen LogP contribution in [-0.4, -0.2) is 73.6 Å². The Hall–Kier alpha value is -2.26. The minimum absolute atomic E-state index is 0.0784. The lowest BCUT2D eigenvalue weighted by molar-refractivity contribution is 0.000634. The summed E-state index contributed by atoms with van der Waals surface area (Å²) < 4.78 is 35.7. The van der Waals surface area contributed by atoms with Crippen LogP contribution in [-0.2, 0) is 20.8 Å². The van der Waals surface area contributed by atoms with Crippen LogP contribution < -0.4 is 4.74 Å². The van der Waals surface area contributed by atoms with Crippen LogP contribution in [0.25, 0.3) is 0 Å². The van der Waals surface area contributed by atoms with Crippen LogP contribution in [0, 0.1) is 5.82 Å². The predicted octanol–water partition coefficient (Wildman–Crippen LogP) is 4.86. The van der Waals surface area contributed by atoms with Crippen LogP contribution in [0.2, 0.25) is 5.02 Å². The Labute approximate surface area is 199 Å². The van der Waals surface area contributed by atoms with Crippen LogP contribution >= 0.6 is 11.6 Å². The Morgan fingerprint density at radius 2 is 1.91 bits per heavy atom. The topological polar surface area (TPSA) is 77.5 Å². The average molecular weight is 489 g/mol. The third kappa shape index (κ3) is 8.23. The van der Waals surface area contributed by atoms with Gasteiger partial charge in [0.2, 0.25) is 0 Å². The fourth-order valence-electron chi connectivity index (χ4n) is 3.35. The van der Waals surface area contributed by atoms with E-state index in [1.54, 1.807) is 37.7 Å². The molecule has 186 valence electrons. The minimum atomic E-state index is -0.612. The molecule has 10 heteroatoms. The first kappa shape index (κ1) is 27.0. The Balaban J connectivity index is 1.94. The third-order valence-corrected chi connectivity index (χ3v) is 5.39. The van der Waals surface area contributed by atoms with Gasteiger partial charge < -0.3 is 28.7 Å². The number of halogens is 2. The lowest BCUT2D eigenvalue weighted by Gasteiger charge is -2.40. The maximum absolute atomic E-state index is 14.5. The summed E-state index contributed by atoms with van der Waals surface area (Å²) >= 11 is 6.20. The molecule has 1 atom stereocenters. The summed E-state index contributed by atoms with van der Waals surface area (Å²) in [4.78, 5) is 28.2. The molecular formula is C23H34ClFN2O6. The van der Waals surface area contributed by atoms with Crippen LogP contribution in [0.5, 0.6) is 5.75 Å². The van der Waals surface area contributed by atoms with Gasteiger partial charge in [0.15, 0.2) is 0 Å². The smallest absolute Gasteiger partial charge is 0.410 e. The van der Waals surface area contributed by atoms with Crippen LogP contribution in [0.3, 0.4) is 0 Å². The summed E-state index contributed by atoms with van der Waals surface area (Å²) in [5.74, 6) is -0.313. The van der Waals surface area contributed by atoms with Gasteiger partial charge in [-0.05, 0) is 33.3 Å². The number of hydrogen-bond donors (Lipinski definition) is 0. The number of benzene rings is 1. The summed E-state index contributed by atoms with van der Waals surface area (Å²) in [6.07, 6.45) is 0.293. The summed E-state index contributed by atoms with van der Waals surface area (Å²) in [6, 6.07) is 2.48. The number of methoxy groups -OCH3 is 1. The molecule has 1 heterocycles. The number of ether oxygens (including phenoxy) is 4. The van der Waals surface area contributed by atoms with E-state index in [0.29, 0.717) is 51.4 Å². The molecule has 8 nitrogen and oxygen atoms in total. The van der Waals surface area contributed by atoms with Gasteiger partial charge in [0.05, 0.1) is 17.7 Å². The third-order valence-electron chi connectivity index (χ3n) is 5.06. The molecule has 0 bridgehead atoms. The summed E-state index contributed by atoms with van der Waals surface area (Å²) in [5, 5.41) is 0.117. The van der Waals surface area contributed by atoms with Crippen LogP contribution in [0.1, 0.15) is 46.1 Å². The second kappa shape index (κ2) is 12.3. The van der Waals surface area contributed by atoms with E-state index in [2.05, 4.69) is 0 Å². The average Bonchev–Trinajstić information content (AvgIpc) is 2.74. The van der Waals surface area contributed by atoms with Crippen molar-refractivity contribution in [2.75, 3.05) is 40.0 Å². The second-order valence-electron chi connectivity index (χ2n) is 8.80. The Morgan fingerprint density at radius 1 is 1.18 bits per heavy atom. The molecule has 0 aromatic heterocycles. The van der Waals surface area contributed by atoms with Gasteiger partial charge in [0, 0.05) is 51.4 Å². The first-order valence-electron chi connectivity index (χ1n) is 11.1. The molecule has 0 spiro atoms. The van der Waals surface area contributed by atoms with Crippen molar-refractivity contribution >= 4 is 23.8 Å². The highest BCUT2D eigenvalue weighted by Crippen LogP contribution is 2.27. The molecule has 0 saturated carbocycles. The number of piperazine rings is 1. The van der Waals surface area contributed by atoms with Gasteiger partial charge in [-0.2, -0.15) is 0 Å². The van der Waals surface area contributed by atoms with Gasteiger partial charge in [-0.1, -0.05) is 18.5 Å². The molecule has 1 aromatic rings. The van der Waals surface area contributed by atoms with Crippen molar-refractivity contribution < 1.29 is 32.9 Å². The highest BCUT2D eigenvalue weighted by atomic mass is 35.5. The fourth-order valence-corrected chi connectivity index (χ4v) is 3.60. The van der Waals surface area contributed by atoms with E-state index in [1.165, 1.54) is 12.1 Å². The van der Waals surface area contributed by atoms with Crippen LogP contribution in [0.15, 0.2) is 12.1 Å². The molecule has 1 saturated heterocycles. The van der Waals surface area contributed by atoms with E-state index in [4.69, 9.17) is 30.5 Å². The largest absolute Gasteiger partial charge is 0.493 e. The molecule has 0 unspecified atom stereocenters. The SMILES string of the molecule is CC[C@@H]1CN(C(=O)OC(C)(C)C)CCN1C(=O)OCc1c(F)cc(OCCCOC)cc1Cl. The molecule has 1 aromatic carbocycles. The number of rotatable bonds is 8. The number of carbonyl (C=O) groups is 2. The van der Waals surface area contributed by atoms with Crippen molar-refractivity contribution in [3.05, 3.63) is 28.5 Å². The quantitative estimate of drug-likeness (QED) is 0.486. The standard InChI is InChI=1S/C23H34ClFN2O6/c1-6-16-14-26(21(28)33-23(2,3)4)8-9-27(16)22(29)32-15-18-19(24)12-17(13-20(18)25)31-11-7-10-30-5/h12-13,16H,6-11,14-15H2,1-5H3/t16-/m1/s1. The fraction of sp³-hybridized carbons (Fsp3) is 0.652. The minimum Gasteiger partial charge on any atom is -0.493 e. The summed E-state index contributed by atoms with van der Waals surface area (Å²) in [5.41, 5.74) is -0.516. The van der Waals surface area contributed by atoms with Gasteiger partial charge in [-0.15, -0.1) is 0 Å². The van der Waals surface area contributed by atoms with E-state index >= 15 is 0 Å². The monoisotopic (exact) mass is 488 g/mol. The second-order valence-corrected chi connectivity index (χ2v) is 9.20. The molecule has 1 aliphatic heterocycles. The van der Waals surface area contributed by atoms with Gasteiger partial charge in [-0.25, -0.2) is 14.0 Å². The van der Waals surface area contributed by atoms with Crippen molar-refractivity contribution in [2.45, 2.75) is 58.8 Å². The van der Waals surface area contributed by atoms with E-state index in [1.807, 2.05) is 6.92 Å². The van der Waals surface area contributed by atoms with Crippen molar-refractivity contribution in [1.29, 1.82) is 0 Å². The molecule has 1 fully saturated rings. The van der Waals surface area contributed by atoms with Gasteiger partial charge >= 0.3 is 12.2 Å². The van der Waals surface area contributed by atoms with Crippen molar-refractivity contribution in [3.63, 3.8) is 0 Å². The van der Waals surface area contributed by atoms with Crippen molar-refractivity contribution in [3.8, 4) is 5.75 Å². The predicted molar refractivity (Wildman–Crippen MR) is 122 cm³/mol. The number of carbonyl (C=O) groups excluding carboxylic acids is 2. The number of hydrogen-bond acceptors (Lipinski definition) is 6. The highest BCUT2D eigenvalue weighted by Gasteiger charge is 2.34. The maximum atomic E-state index is 14.5. The Morgan fingerprint density at radius 3 is 2.52 bits per heavy atom. The lowest BCUT2D eigenvalue weighted by atomic mass is 10.1. The lowest BCUT2D eigenvalue weighted by Crippen LogP contribution is -2.57.